The zero-order valence-corrected chi connectivity index (χ0v) is 15.7. The Bertz CT molecular complexity index is 527. The molecule has 0 aliphatic rings. The number of carboxylic acids is 1. The molecule has 0 rings (SSSR count). The number of nitrogens with one attached hydrogen (secondary N) is 1. The number of aliphatic carboxylic acids is 1. The zero-order chi connectivity index (χ0) is 19.0. The third-order valence-electron chi connectivity index (χ3n) is 3.11. The summed E-state index contributed by atoms with van der Waals surface area (Å²) in [7, 11) is -3.77. The lowest BCUT2D eigenvalue weighted by Gasteiger charge is -2.26. The fraction of sp³-hybridized carbons (Fsp3) is 0.867. The average molecular weight is 366 g/mol. The van der Waals surface area contributed by atoms with Gasteiger partial charge in [-0.3, -0.25) is 4.79 Å². The van der Waals surface area contributed by atoms with Gasteiger partial charge >= 0.3 is 11.9 Å². The van der Waals surface area contributed by atoms with Crippen LogP contribution in [0.3, 0.4) is 0 Å². The topological polar surface area (TPSA) is 136 Å². The highest BCUT2D eigenvalue weighted by Crippen LogP contribution is 2.15. The predicted molar refractivity (Wildman–Crippen MR) is 90.7 cm³/mol. The number of ether oxygens (including phenoxy) is 1. The largest absolute Gasteiger partial charge is 0.479 e. The average Bonchev–Trinajstić information content (AvgIpc) is 2.39. The molecule has 0 aromatic heterocycles. The number of rotatable bonds is 11. The van der Waals surface area contributed by atoms with Gasteiger partial charge in [-0.15, -0.1) is 0 Å². The molecule has 0 amide bonds. The summed E-state index contributed by atoms with van der Waals surface area (Å²) < 4.78 is 31.0. The summed E-state index contributed by atoms with van der Waals surface area (Å²) in [6.07, 6.45) is 1.73. The van der Waals surface area contributed by atoms with Crippen LogP contribution in [0.5, 0.6) is 0 Å². The van der Waals surface area contributed by atoms with Crippen molar-refractivity contribution in [2.24, 2.45) is 5.73 Å². The number of carbonyl (C=O) groups is 2. The minimum atomic E-state index is -3.77. The number of hydrogen-bond donors (Lipinski definition) is 3. The number of sulfonamides is 1. The van der Waals surface area contributed by atoms with Crippen LogP contribution in [0.4, 0.5) is 0 Å². The van der Waals surface area contributed by atoms with Gasteiger partial charge in [0.25, 0.3) is 0 Å². The van der Waals surface area contributed by atoms with Crippen LogP contribution in [0.15, 0.2) is 0 Å². The van der Waals surface area contributed by atoms with Crippen molar-refractivity contribution in [1.29, 1.82) is 0 Å². The number of nitrogens with two attached hydrogens (primary N) is 1. The molecule has 0 aliphatic carbocycles. The van der Waals surface area contributed by atoms with Gasteiger partial charge in [0, 0.05) is 6.42 Å². The molecule has 0 unspecified atom stereocenters. The third kappa shape index (κ3) is 9.84. The summed E-state index contributed by atoms with van der Waals surface area (Å²) in [4.78, 5) is 22.9. The van der Waals surface area contributed by atoms with E-state index in [2.05, 4.69) is 4.72 Å². The molecule has 4 N–H and O–H groups in total. The minimum absolute atomic E-state index is 0.115. The summed E-state index contributed by atoms with van der Waals surface area (Å²) in [5.41, 5.74) is 3.06. The van der Waals surface area contributed by atoms with Gasteiger partial charge in [-0.05, 0) is 46.5 Å². The number of unbranched alkanes of at least 4 members (excludes halogenated alkanes) is 2. The van der Waals surface area contributed by atoms with Gasteiger partial charge in [0.05, 0.1) is 5.75 Å². The van der Waals surface area contributed by atoms with Crippen LogP contribution < -0.4 is 10.5 Å². The Morgan fingerprint density at radius 3 is 2.21 bits per heavy atom. The second-order valence-corrected chi connectivity index (χ2v) is 8.69. The molecule has 9 heteroatoms. The Kier molecular flexibility index (Phi) is 8.87. The van der Waals surface area contributed by atoms with Crippen LogP contribution in [0.25, 0.3) is 0 Å². The molecule has 0 aromatic carbocycles. The van der Waals surface area contributed by atoms with Gasteiger partial charge in [-0.2, -0.15) is 4.72 Å². The molecular weight excluding hydrogens is 336 g/mol. The van der Waals surface area contributed by atoms with E-state index >= 15 is 0 Å². The molecule has 0 spiro atoms. The Morgan fingerprint density at radius 1 is 1.17 bits per heavy atom. The van der Waals surface area contributed by atoms with Crippen molar-refractivity contribution < 1.29 is 27.9 Å². The Labute approximate surface area is 144 Å². The van der Waals surface area contributed by atoms with Crippen molar-refractivity contribution in [3.05, 3.63) is 0 Å². The zero-order valence-electron chi connectivity index (χ0n) is 14.9. The van der Waals surface area contributed by atoms with Crippen LogP contribution in [-0.4, -0.2) is 42.5 Å². The fourth-order valence-corrected chi connectivity index (χ4v) is 3.45. The van der Waals surface area contributed by atoms with Crippen molar-refractivity contribution in [2.75, 3.05) is 5.75 Å². The van der Waals surface area contributed by atoms with E-state index in [1.165, 1.54) is 0 Å². The fourth-order valence-electron chi connectivity index (χ4n) is 1.93. The van der Waals surface area contributed by atoms with Crippen molar-refractivity contribution in [3.63, 3.8) is 0 Å². The lowest BCUT2D eigenvalue weighted by molar-refractivity contribution is -0.154. The lowest BCUT2D eigenvalue weighted by atomic mass is 10.0. The van der Waals surface area contributed by atoms with E-state index in [9.17, 15) is 23.1 Å². The Balaban J connectivity index is 4.53. The van der Waals surface area contributed by atoms with Crippen molar-refractivity contribution >= 4 is 22.0 Å². The lowest BCUT2D eigenvalue weighted by Crippen LogP contribution is -2.61. The Morgan fingerprint density at radius 2 is 1.75 bits per heavy atom. The maximum Gasteiger partial charge on any atom is 0.339 e. The van der Waals surface area contributed by atoms with Crippen LogP contribution in [0, 0.1) is 0 Å². The van der Waals surface area contributed by atoms with Gasteiger partial charge < -0.3 is 15.6 Å². The Hall–Kier alpha value is -1.19. The van der Waals surface area contributed by atoms with Gasteiger partial charge in [0.2, 0.25) is 10.0 Å². The maximum atomic E-state index is 11.9. The molecular formula is C15H30N2O6S. The normalized spacial score (nSPS) is 14.9. The van der Waals surface area contributed by atoms with E-state index in [1.807, 2.05) is 6.92 Å². The molecule has 0 fully saturated rings. The number of carboxylic acid groups (broad SMARTS) is 1. The highest BCUT2D eigenvalue weighted by atomic mass is 32.2. The van der Waals surface area contributed by atoms with Crippen LogP contribution in [0.2, 0.25) is 0 Å². The summed E-state index contributed by atoms with van der Waals surface area (Å²) in [5.74, 6) is -2.00. The number of esters is 1. The first-order chi connectivity index (χ1) is 10.8. The highest BCUT2D eigenvalue weighted by molar-refractivity contribution is 7.89. The molecule has 0 bridgehead atoms. The second kappa shape index (κ2) is 9.33. The van der Waals surface area contributed by atoms with E-state index in [0.717, 1.165) is 0 Å². The van der Waals surface area contributed by atoms with Crippen LogP contribution in [0.1, 0.15) is 66.2 Å². The number of hydrogen-bond acceptors (Lipinski definition) is 6. The molecule has 0 aromatic rings. The van der Waals surface area contributed by atoms with Gasteiger partial charge in [-0.25, -0.2) is 13.2 Å². The van der Waals surface area contributed by atoms with Crippen LogP contribution in [-0.2, 0) is 24.3 Å². The van der Waals surface area contributed by atoms with E-state index < -0.39 is 27.3 Å². The SMILES string of the molecule is CCCCS(=O)(=O)N[C@@](N)(CCCCC(=O)OC(C)(C)C)C(=O)O. The molecule has 142 valence electrons. The third-order valence-corrected chi connectivity index (χ3v) is 4.61. The van der Waals surface area contributed by atoms with E-state index in [0.29, 0.717) is 19.3 Å². The monoisotopic (exact) mass is 366 g/mol. The summed E-state index contributed by atoms with van der Waals surface area (Å²) in [5, 5.41) is 9.24. The summed E-state index contributed by atoms with van der Waals surface area (Å²) in [6, 6.07) is 0. The molecule has 0 saturated heterocycles. The first-order valence-electron chi connectivity index (χ1n) is 8.07. The van der Waals surface area contributed by atoms with Gasteiger partial charge in [0.15, 0.2) is 5.66 Å². The minimum Gasteiger partial charge on any atom is -0.479 e. The molecule has 0 aliphatic heterocycles. The predicted octanol–water partition coefficient (Wildman–Crippen LogP) is 1.35. The second-order valence-electron chi connectivity index (χ2n) is 6.84. The van der Waals surface area contributed by atoms with Crippen molar-refractivity contribution in [2.45, 2.75) is 77.5 Å². The first-order valence-corrected chi connectivity index (χ1v) is 9.72. The van der Waals surface area contributed by atoms with Crippen molar-refractivity contribution in [3.8, 4) is 0 Å². The molecule has 0 saturated carbocycles. The standard InChI is InChI=1S/C15H30N2O6S/c1-5-6-11-24(21,22)17-15(16,13(19)20)10-8-7-9-12(18)23-14(2,3)4/h17H,5-11,16H2,1-4H3,(H,19,20)/t15-/m0/s1. The quantitative estimate of drug-likeness (QED) is 0.285. The van der Waals surface area contributed by atoms with Crippen LogP contribution >= 0.6 is 0 Å². The van der Waals surface area contributed by atoms with E-state index in [-0.39, 0.29) is 31.0 Å². The number of carbonyl (C=O) groups excluding carboxylic acids is 1. The summed E-state index contributed by atoms with van der Waals surface area (Å²) >= 11 is 0. The van der Waals surface area contributed by atoms with E-state index in [1.54, 1.807) is 20.8 Å². The molecule has 24 heavy (non-hydrogen) atoms. The van der Waals surface area contributed by atoms with Gasteiger partial charge in [-0.1, -0.05) is 13.3 Å². The smallest absolute Gasteiger partial charge is 0.339 e. The molecule has 0 radical (unpaired) electrons. The molecule has 8 nitrogen and oxygen atoms in total. The van der Waals surface area contributed by atoms with Crippen molar-refractivity contribution in [1.82, 2.24) is 4.72 Å². The molecule has 0 heterocycles. The maximum absolute atomic E-state index is 11.9. The van der Waals surface area contributed by atoms with E-state index in [4.69, 9.17) is 10.5 Å². The summed E-state index contributed by atoms with van der Waals surface area (Å²) in [6.45, 7) is 7.10. The van der Waals surface area contributed by atoms with Gasteiger partial charge in [0.1, 0.15) is 5.60 Å². The molecule has 1 atom stereocenters. The first kappa shape index (κ1) is 22.8. The highest BCUT2D eigenvalue weighted by Gasteiger charge is 2.37.